The van der Waals surface area contributed by atoms with Crippen LogP contribution in [0.1, 0.15) is 31.5 Å². The molecule has 1 aliphatic rings. The summed E-state index contributed by atoms with van der Waals surface area (Å²) in [6.45, 7) is 11.2. The molecule has 44 heavy (non-hydrogen) atoms. The third-order valence-corrected chi connectivity index (χ3v) is 11.7. The molecule has 1 saturated carbocycles. The molecule has 0 saturated heterocycles. The van der Waals surface area contributed by atoms with Crippen LogP contribution in [-0.2, 0) is 18.0 Å². The molecule has 6 rings (SSSR count). The number of ether oxygens (including phenoxy) is 2. The number of fused-ring (bicyclic) bond motifs is 2. The topological polar surface area (TPSA) is 79.9 Å². The van der Waals surface area contributed by atoms with Gasteiger partial charge in [0.15, 0.2) is 0 Å². The van der Waals surface area contributed by atoms with E-state index in [1.807, 2.05) is 59.9 Å². The molecule has 5 aromatic rings. The SMILES string of the molecule is CSC1CCC(Cn2cc(-c3cnc4ccc(Oc5ccc6nc(C)n(COCC[Si](C)(C)C)c6c5)c(Cl)c4n3)cn2)CC1. The fourth-order valence-corrected chi connectivity index (χ4v) is 7.51. The van der Waals surface area contributed by atoms with Gasteiger partial charge in [0, 0.05) is 44.3 Å². The number of hydrogen-bond donors (Lipinski definition) is 0. The number of thioether (sulfide) groups is 1. The predicted molar refractivity (Wildman–Crippen MR) is 184 cm³/mol. The highest BCUT2D eigenvalue weighted by molar-refractivity contribution is 7.99. The molecule has 2 aromatic carbocycles. The summed E-state index contributed by atoms with van der Waals surface area (Å²) < 4.78 is 16.5. The first-order valence-electron chi connectivity index (χ1n) is 15.4. The number of rotatable bonds is 11. The Bertz CT molecular complexity index is 1760. The van der Waals surface area contributed by atoms with E-state index < -0.39 is 8.07 Å². The Labute approximate surface area is 269 Å². The zero-order valence-corrected chi connectivity index (χ0v) is 28.8. The summed E-state index contributed by atoms with van der Waals surface area (Å²) in [7, 11) is -1.15. The Balaban J connectivity index is 1.19. The lowest BCUT2D eigenvalue weighted by molar-refractivity contribution is 0.0885. The van der Waals surface area contributed by atoms with Gasteiger partial charge in [0.2, 0.25) is 0 Å². The Morgan fingerprint density at radius 2 is 1.82 bits per heavy atom. The molecule has 0 spiro atoms. The van der Waals surface area contributed by atoms with Crippen molar-refractivity contribution >= 4 is 53.5 Å². The zero-order valence-electron chi connectivity index (χ0n) is 26.2. The second kappa shape index (κ2) is 13.2. The van der Waals surface area contributed by atoms with Crippen molar-refractivity contribution in [2.24, 2.45) is 5.92 Å². The molecule has 0 aliphatic heterocycles. The van der Waals surface area contributed by atoms with Crippen LogP contribution in [0.2, 0.25) is 30.7 Å². The van der Waals surface area contributed by atoms with Crippen molar-refractivity contribution in [1.29, 1.82) is 0 Å². The minimum atomic E-state index is -1.15. The van der Waals surface area contributed by atoms with Gasteiger partial charge in [0.25, 0.3) is 0 Å². The van der Waals surface area contributed by atoms with Crippen molar-refractivity contribution in [2.45, 2.75) is 76.8 Å². The number of imidazole rings is 1. The molecule has 3 aromatic heterocycles. The number of nitrogens with zero attached hydrogens (tertiary/aromatic N) is 6. The first-order chi connectivity index (χ1) is 21.2. The van der Waals surface area contributed by atoms with Gasteiger partial charge in [-0.1, -0.05) is 31.2 Å². The van der Waals surface area contributed by atoms with Gasteiger partial charge in [-0.3, -0.25) is 9.67 Å². The van der Waals surface area contributed by atoms with Crippen LogP contribution >= 0.6 is 23.4 Å². The highest BCUT2D eigenvalue weighted by Crippen LogP contribution is 2.36. The van der Waals surface area contributed by atoms with Gasteiger partial charge >= 0.3 is 0 Å². The second-order valence-electron chi connectivity index (χ2n) is 13.0. The van der Waals surface area contributed by atoms with Gasteiger partial charge in [-0.15, -0.1) is 0 Å². The van der Waals surface area contributed by atoms with E-state index in [1.165, 1.54) is 25.7 Å². The Morgan fingerprint density at radius 1 is 1.02 bits per heavy atom. The molecule has 0 atom stereocenters. The van der Waals surface area contributed by atoms with E-state index in [-0.39, 0.29) is 0 Å². The molecule has 1 fully saturated rings. The average molecular weight is 649 g/mol. The predicted octanol–water partition coefficient (Wildman–Crippen LogP) is 8.83. The van der Waals surface area contributed by atoms with Gasteiger partial charge in [-0.2, -0.15) is 16.9 Å². The molecular formula is C33H41ClN6O2SSi. The van der Waals surface area contributed by atoms with Crippen LogP contribution < -0.4 is 4.74 Å². The van der Waals surface area contributed by atoms with Gasteiger partial charge in [-0.25, -0.2) is 9.97 Å². The molecule has 0 amide bonds. The number of aromatic nitrogens is 6. The lowest BCUT2D eigenvalue weighted by Crippen LogP contribution is -2.22. The third-order valence-electron chi connectivity index (χ3n) is 8.47. The molecule has 8 nitrogen and oxygen atoms in total. The molecule has 11 heteroatoms. The van der Waals surface area contributed by atoms with Crippen molar-refractivity contribution in [3.05, 3.63) is 59.8 Å². The maximum absolute atomic E-state index is 6.90. The number of halogens is 1. The fourth-order valence-electron chi connectivity index (χ4n) is 5.77. The minimum absolute atomic E-state index is 0.425. The second-order valence-corrected chi connectivity index (χ2v) is 20.2. The van der Waals surface area contributed by atoms with E-state index in [0.29, 0.717) is 40.2 Å². The van der Waals surface area contributed by atoms with Crippen molar-refractivity contribution in [3.63, 3.8) is 0 Å². The zero-order chi connectivity index (χ0) is 30.8. The maximum Gasteiger partial charge on any atom is 0.148 e. The molecule has 1 aliphatic carbocycles. The van der Waals surface area contributed by atoms with Crippen molar-refractivity contribution in [2.75, 3.05) is 12.9 Å². The van der Waals surface area contributed by atoms with Gasteiger partial charge in [0.1, 0.15) is 34.6 Å². The van der Waals surface area contributed by atoms with E-state index >= 15 is 0 Å². The van der Waals surface area contributed by atoms with Crippen molar-refractivity contribution in [3.8, 4) is 22.8 Å². The van der Waals surface area contributed by atoms with E-state index in [9.17, 15) is 0 Å². The average Bonchev–Trinajstić information content (AvgIpc) is 3.60. The monoisotopic (exact) mass is 648 g/mol. The van der Waals surface area contributed by atoms with Gasteiger partial charge in [-0.05, 0) is 75.1 Å². The molecule has 0 bridgehead atoms. The fraction of sp³-hybridized carbons (Fsp3) is 0.455. The third kappa shape index (κ3) is 7.14. The van der Waals surface area contributed by atoms with E-state index in [4.69, 9.17) is 31.0 Å². The quantitative estimate of drug-likeness (QED) is 0.105. The normalized spacial score (nSPS) is 17.5. The van der Waals surface area contributed by atoms with Crippen LogP contribution in [0.4, 0.5) is 0 Å². The Hall–Kier alpha value is -2.92. The highest BCUT2D eigenvalue weighted by Gasteiger charge is 2.21. The lowest BCUT2D eigenvalue weighted by Gasteiger charge is -2.27. The van der Waals surface area contributed by atoms with Crippen molar-refractivity contribution < 1.29 is 9.47 Å². The first-order valence-corrected chi connectivity index (χ1v) is 20.8. The summed E-state index contributed by atoms with van der Waals surface area (Å²) in [6.07, 6.45) is 13.1. The van der Waals surface area contributed by atoms with E-state index in [2.05, 4.69) is 46.7 Å². The standard InChI is InChI=1S/C33H41ClN6O2SSi/c1-22-37-27-11-8-25(16-30(27)40(22)21-41-14-15-44(3,4)5)42-31-13-12-28-33(32(31)34)38-29(18-35-28)24-17-36-39(20-24)19-23-6-9-26(43-2)10-7-23/h8,11-13,16-18,20,23,26H,6-7,9-10,14-15,19,21H2,1-5H3. The van der Waals surface area contributed by atoms with Crippen molar-refractivity contribution in [1.82, 2.24) is 29.3 Å². The maximum atomic E-state index is 6.90. The summed E-state index contributed by atoms with van der Waals surface area (Å²) in [6, 6.07) is 10.7. The highest BCUT2D eigenvalue weighted by atomic mass is 35.5. The smallest absolute Gasteiger partial charge is 0.148 e. The van der Waals surface area contributed by atoms with Crippen LogP contribution in [0.15, 0.2) is 48.9 Å². The summed E-state index contributed by atoms with van der Waals surface area (Å²) in [5.74, 6) is 2.77. The van der Waals surface area contributed by atoms with E-state index in [0.717, 1.165) is 52.6 Å². The largest absolute Gasteiger partial charge is 0.456 e. The van der Waals surface area contributed by atoms with Crippen LogP contribution in [-0.4, -0.2) is 55.5 Å². The van der Waals surface area contributed by atoms with Crippen LogP contribution in [0.25, 0.3) is 33.3 Å². The molecule has 0 unspecified atom stereocenters. The number of hydrogen-bond acceptors (Lipinski definition) is 7. The number of benzene rings is 2. The summed E-state index contributed by atoms with van der Waals surface area (Å²) >= 11 is 8.90. The Kier molecular flexibility index (Phi) is 9.33. The summed E-state index contributed by atoms with van der Waals surface area (Å²) in [5.41, 5.74) is 4.84. The van der Waals surface area contributed by atoms with E-state index in [1.54, 1.807) is 6.20 Å². The summed E-state index contributed by atoms with van der Waals surface area (Å²) in [5, 5.41) is 5.88. The Morgan fingerprint density at radius 3 is 2.59 bits per heavy atom. The van der Waals surface area contributed by atoms with Crippen LogP contribution in [0, 0.1) is 12.8 Å². The first kappa shape index (κ1) is 31.1. The number of aryl methyl sites for hydroxylation is 1. The molecule has 232 valence electrons. The molecular weight excluding hydrogens is 608 g/mol. The summed E-state index contributed by atoms with van der Waals surface area (Å²) in [4.78, 5) is 14.3. The molecule has 3 heterocycles. The minimum Gasteiger partial charge on any atom is -0.456 e. The lowest BCUT2D eigenvalue weighted by atomic mass is 9.89. The molecule has 0 N–H and O–H groups in total. The van der Waals surface area contributed by atoms with Gasteiger partial charge in [0.05, 0.1) is 34.6 Å². The van der Waals surface area contributed by atoms with Crippen LogP contribution in [0.5, 0.6) is 11.5 Å². The van der Waals surface area contributed by atoms with Crippen LogP contribution in [0.3, 0.4) is 0 Å². The molecule has 0 radical (unpaired) electrons. The van der Waals surface area contributed by atoms with Gasteiger partial charge < -0.3 is 14.0 Å².